The maximum absolute atomic E-state index is 13.3. The number of hydrogen-bond donors (Lipinski definition) is 1. The molecule has 0 radical (unpaired) electrons. The molecule has 0 spiro atoms. The Balaban J connectivity index is 1.55. The van der Waals surface area contributed by atoms with Gasteiger partial charge in [0.25, 0.3) is 5.91 Å². The molecule has 3 aromatic rings. The Morgan fingerprint density at radius 2 is 1.97 bits per heavy atom. The van der Waals surface area contributed by atoms with Gasteiger partial charge >= 0.3 is 5.97 Å². The van der Waals surface area contributed by atoms with Crippen molar-refractivity contribution in [3.05, 3.63) is 71.3 Å². The summed E-state index contributed by atoms with van der Waals surface area (Å²) in [7, 11) is 1.28. The van der Waals surface area contributed by atoms with E-state index in [-0.39, 0.29) is 18.3 Å². The monoisotopic (exact) mass is 409 g/mol. The number of carbonyl (C=O) groups excluding carboxylic acids is 2. The van der Waals surface area contributed by atoms with Gasteiger partial charge in [0.15, 0.2) is 12.3 Å². The fraction of sp³-hybridized carbons (Fsp3) is 0.227. The standard InChI is InChI=1S/C22H20FN3O4/c1-29-20(27)13-30-17-5-2-4-15(12-17)24-22(28)21-18-6-3-7-19(18)26(25-21)16-10-8-14(23)9-11-16/h2,4-5,8-12H,3,6-7,13H2,1H3,(H,24,28). The van der Waals surface area contributed by atoms with Crippen LogP contribution in [-0.4, -0.2) is 35.4 Å². The number of hydrogen-bond acceptors (Lipinski definition) is 5. The Hall–Kier alpha value is -3.68. The number of benzene rings is 2. The molecule has 2 aromatic carbocycles. The molecule has 0 saturated heterocycles. The van der Waals surface area contributed by atoms with Gasteiger partial charge in [0.05, 0.1) is 12.8 Å². The van der Waals surface area contributed by atoms with E-state index >= 15 is 0 Å². The molecule has 0 aliphatic heterocycles. The Labute approximate surface area is 172 Å². The molecule has 1 aromatic heterocycles. The Morgan fingerprint density at radius 1 is 1.17 bits per heavy atom. The fourth-order valence-electron chi connectivity index (χ4n) is 3.47. The van der Waals surface area contributed by atoms with E-state index in [0.29, 0.717) is 22.8 Å². The van der Waals surface area contributed by atoms with Crippen molar-refractivity contribution in [2.45, 2.75) is 19.3 Å². The van der Waals surface area contributed by atoms with Crippen molar-refractivity contribution in [3.8, 4) is 11.4 Å². The summed E-state index contributed by atoms with van der Waals surface area (Å²) in [4.78, 5) is 24.2. The molecule has 4 rings (SSSR count). The largest absolute Gasteiger partial charge is 0.482 e. The van der Waals surface area contributed by atoms with Gasteiger partial charge in [-0.25, -0.2) is 13.9 Å². The predicted molar refractivity (Wildman–Crippen MR) is 107 cm³/mol. The van der Waals surface area contributed by atoms with Crippen molar-refractivity contribution in [1.82, 2.24) is 9.78 Å². The van der Waals surface area contributed by atoms with Crippen LogP contribution in [0.3, 0.4) is 0 Å². The van der Waals surface area contributed by atoms with E-state index in [1.807, 2.05) is 0 Å². The van der Waals surface area contributed by atoms with Gasteiger partial charge in [-0.15, -0.1) is 0 Å². The summed E-state index contributed by atoms with van der Waals surface area (Å²) in [5.74, 6) is -0.722. The highest BCUT2D eigenvalue weighted by molar-refractivity contribution is 6.04. The SMILES string of the molecule is COC(=O)COc1cccc(NC(=O)c2nn(-c3ccc(F)cc3)c3c2CCC3)c1. The molecule has 1 heterocycles. The number of nitrogens with zero attached hydrogens (tertiary/aromatic N) is 2. The normalized spacial score (nSPS) is 12.3. The number of halogens is 1. The lowest BCUT2D eigenvalue weighted by Gasteiger charge is -2.08. The number of fused-ring (bicyclic) bond motifs is 1. The second-order valence-corrected chi connectivity index (χ2v) is 6.86. The van der Waals surface area contributed by atoms with Gasteiger partial charge in [0, 0.05) is 23.0 Å². The number of methoxy groups -OCH3 is 1. The van der Waals surface area contributed by atoms with Crippen molar-refractivity contribution in [2.24, 2.45) is 0 Å². The summed E-state index contributed by atoms with van der Waals surface area (Å²) in [6, 6.07) is 12.8. The van der Waals surface area contributed by atoms with Crippen molar-refractivity contribution < 1.29 is 23.5 Å². The first-order valence-corrected chi connectivity index (χ1v) is 9.53. The quantitative estimate of drug-likeness (QED) is 0.632. The van der Waals surface area contributed by atoms with Gasteiger partial charge in [-0.05, 0) is 55.7 Å². The second kappa shape index (κ2) is 8.36. The number of carbonyl (C=O) groups is 2. The van der Waals surface area contributed by atoms with E-state index < -0.39 is 5.97 Å². The van der Waals surface area contributed by atoms with Crippen molar-refractivity contribution in [2.75, 3.05) is 19.0 Å². The summed E-state index contributed by atoms with van der Waals surface area (Å²) in [5.41, 5.74) is 3.47. The van der Waals surface area contributed by atoms with Crippen LogP contribution in [0.1, 0.15) is 28.2 Å². The molecule has 0 saturated carbocycles. The molecular formula is C22H20FN3O4. The van der Waals surface area contributed by atoms with E-state index in [2.05, 4.69) is 15.2 Å². The maximum Gasteiger partial charge on any atom is 0.343 e. The van der Waals surface area contributed by atoms with Crippen LogP contribution in [0.2, 0.25) is 0 Å². The molecule has 1 amide bonds. The van der Waals surface area contributed by atoms with Crippen LogP contribution in [0.15, 0.2) is 48.5 Å². The highest BCUT2D eigenvalue weighted by Gasteiger charge is 2.27. The van der Waals surface area contributed by atoms with E-state index in [4.69, 9.17) is 4.74 Å². The molecule has 1 N–H and O–H groups in total. The van der Waals surface area contributed by atoms with E-state index in [1.54, 1.807) is 41.1 Å². The van der Waals surface area contributed by atoms with E-state index in [9.17, 15) is 14.0 Å². The van der Waals surface area contributed by atoms with Crippen molar-refractivity contribution in [3.63, 3.8) is 0 Å². The second-order valence-electron chi connectivity index (χ2n) is 6.86. The van der Waals surface area contributed by atoms with Crippen LogP contribution in [0, 0.1) is 5.82 Å². The summed E-state index contributed by atoms with van der Waals surface area (Å²) < 4.78 is 24.9. The maximum atomic E-state index is 13.3. The van der Waals surface area contributed by atoms with Gasteiger partial charge in [0.1, 0.15) is 11.6 Å². The Kier molecular flexibility index (Phi) is 5.47. The highest BCUT2D eigenvalue weighted by atomic mass is 19.1. The van der Waals surface area contributed by atoms with Crippen molar-refractivity contribution in [1.29, 1.82) is 0 Å². The number of aromatic nitrogens is 2. The first kappa shape index (κ1) is 19.6. The smallest absolute Gasteiger partial charge is 0.343 e. The lowest BCUT2D eigenvalue weighted by molar-refractivity contribution is -0.142. The molecule has 154 valence electrons. The molecule has 0 unspecified atom stereocenters. The first-order valence-electron chi connectivity index (χ1n) is 9.53. The highest BCUT2D eigenvalue weighted by Crippen LogP contribution is 2.28. The Morgan fingerprint density at radius 3 is 2.73 bits per heavy atom. The van der Waals surface area contributed by atoms with Gasteiger partial charge < -0.3 is 14.8 Å². The number of rotatable bonds is 6. The molecule has 30 heavy (non-hydrogen) atoms. The molecule has 1 aliphatic rings. The molecule has 0 fully saturated rings. The minimum absolute atomic E-state index is 0.219. The number of nitrogens with one attached hydrogen (secondary N) is 1. The van der Waals surface area contributed by atoms with Crippen molar-refractivity contribution >= 4 is 17.6 Å². The van der Waals surface area contributed by atoms with Gasteiger partial charge in [-0.2, -0.15) is 5.10 Å². The average Bonchev–Trinajstić information content (AvgIpc) is 3.36. The van der Waals surface area contributed by atoms with Gasteiger partial charge in [0.2, 0.25) is 0 Å². The lowest BCUT2D eigenvalue weighted by atomic mass is 10.2. The summed E-state index contributed by atoms with van der Waals surface area (Å²) in [6.07, 6.45) is 2.51. The molecule has 7 nitrogen and oxygen atoms in total. The topological polar surface area (TPSA) is 82.4 Å². The molecule has 0 bridgehead atoms. The molecular weight excluding hydrogens is 389 g/mol. The van der Waals surface area contributed by atoms with Gasteiger partial charge in [-0.1, -0.05) is 6.07 Å². The van der Waals surface area contributed by atoms with E-state index in [1.165, 1.54) is 19.2 Å². The predicted octanol–water partition coefficient (Wildman–Crippen LogP) is 3.30. The number of esters is 1. The average molecular weight is 409 g/mol. The summed E-state index contributed by atoms with van der Waals surface area (Å²) in [6.45, 7) is -0.219. The number of anilines is 1. The number of ether oxygens (including phenoxy) is 2. The zero-order chi connectivity index (χ0) is 21.1. The number of amides is 1. The van der Waals surface area contributed by atoms with Crippen LogP contribution in [0.4, 0.5) is 10.1 Å². The van der Waals surface area contributed by atoms with Gasteiger partial charge in [-0.3, -0.25) is 4.79 Å². The molecule has 1 aliphatic carbocycles. The fourth-order valence-corrected chi connectivity index (χ4v) is 3.47. The van der Waals surface area contributed by atoms with Crippen LogP contribution in [0.5, 0.6) is 5.75 Å². The minimum Gasteiger partial charge on any atom is -0.482 e. The van der Waals surface area contributed by atoms with Crippen LogP contribution < -0.4 is 10.1 Å². The van der Waals surface area contributed by atoms with Crippen LogP contribution in [-0.2, 0) is 22.4 Å². The Bertz CT molecular complexity index is 1090. The minimum atomic E-state index is -0.494. The first-order chi connectivity index (χ1) is 14.5. The third kappa shape index (κ3) is 4.03. The van der Waals surface area contributed by atoms with E-state index in [0.717, 1.165) is 30.5 Å². The zero-order valence-corrected chi connectivity index (χ0v) is 16.4. The summed E-state index contributed by atoms with van der Waals surface area (Å²) >= 11 is 0. The third-order valence-electron chi connectivity index (χ3n) is 4.89. The van der Waals surface area contributed by atoms with Crippen LogP contribution >= 0.6 is 0 Å². The molecule has 8 heteroatoms. The summed E-state index contributed by atoms with van der Waals surface area (Å²) in [5, 5.41) is 7.34. The van der Waals surface area contributed by atoms with Crippen LogP contribution in [0.25, 0.3) is 5.69 Å². The third-order valence-corrected chi connectivity index (χ3v) is 4.89. The zero-order valence-electron chi connectivity index (χ0n) is 16.4. The molecule has 0 atom stereocenters. The lowest BCUT2D eigenvalue weighted by Crippen LogP contribution is -2.15.